The van der Waals surface area contributed by atoms with Crippen LogP contribution in [0.2, 0.25) is 0 Å². The summed E-state index contributed by atoms with van der Waals surface area (Å²) in [5.41, 5.74) is 7.06. The van der Waals surface area contributed by atoms with Crippen LogP contribution in [-0.2, 0) is 6.54 Å². The number of nitrogens with zero attached hydrogens (tertiary/aromatic N) is 2. The van der Waals surface area contributed by atoms with Crippen molar-refractivity contribution in [3.63, 3.8) is 0 Å². The van der Waals surface area contributed by atoms with Crippen molar-refractivity contribution in [3.8, 4) is 23.8 Å². The fraction of sp³-hybridized carbons (Fsp3) is 0.438. The maximum Gasteiger partial charge on any atom is 0.191 e. The van der Waals surface area contributed by atoms with E-state index in [2.05, 4.69) is 15.8 Å². The van der Waals surface area contributed by atoms with E-state index >= 15 is 0 Å². The molecule has 0 bridgehead atoms. The van der Waals surface area contributed by atoms with E-state index in [0.29, 0.717) is 24.0 Å². The smallest absolute Gasteiger partial charge is 0.191 e. The second-order valence-electron chi connectivity index (χ2n) is 4.75. The molecule has 0 saturated carbocycles. The number of guanidine groups is 1. The highest BCUT2D eigenvalue weighted by Crippen LogP contribution is 2.28. The van der Waals surface area contributed by atoms with Crippen LogP contribution in [0.1, 0.15) is 5.56 Å². The molecule has 0 radical (unpaired) electrons. The molecule has 118 valence electrons. The Balaban J connectivity index is 2.04. The first kappa shape index (κ1) is 16.4. The van der Waals surface area contributed by atoms with E-state index in [-0.39, 0.29) is 6.61 Å². The summed E-state index contributed by atoms with van der Waals surface area (Å²) in [5.74, 6) is 6.53. The molecule has 22 heavy (non-hydrogen) atoms. The second kappa shape index (κ2) is 8.44. The van der Waals surface area contributed by atoms with E-state index in [1.54, 1.807) is 7.11 Å². The predicted molar refractivity (Wildman–Crippen MR) is 91.5 cm³/mol. The van der Waals surface area contributed by atoms with Gasteiger partial charge in [-0.05, 0) is 17.7 Å². The summed E-state index contributed by atoms with van der Waals surface area (Å²) in [6.45, 7) is 2.63. The molecule has 1 aliphatic rings. The summed E-state index contributed by atoms with van der Waals surface area (Å²) < 4.78 is 10.7. The van der Waals surface area contributed by atoms with Gasteiger partial charge in [-0.25, -0.2) is 4.99 Å². The number of thioether (sulfide) groups is 1. The zero-order chi connectivity index (χ0) is 15.8. The quantitative estimate of drug-likeness (QED) is 0.507. The molecule has 0 aliphatic carbocycles. The van der Waals surface area contributed by atoms with Crippen LogP contribution in [0.3, 0.4) is 0 Å². The van der Waals surface area contributed by atoms with Gasteiger partial charge in [0.25, 0.3) is 0 Å². The molecule has 1 saturated heterocycles. The number of hydrogen-bond acceptors (Lipinski definition) is 4. The third-order valence-corrected chi connectivity index (χ3v) is 4.24. The molecule has 0 spiro atoms. The van der Waals surface area contributed by atoms with Gasteiger partial charge in [0.15, 0.2) is 17.5 Å². The lowest BCUT2D eigenvalue weighted by molar-refractivity contribution is 0.330. The number of terminal acetylenes is 1. The zero-order valence-electron chi connectivity index (χ0n) is 12.7. The summed E-state index contributed by atoms with van der Waals surface area (Å²) >= 11 is 1.95. The van der Waals surface area contributed by atoms with Gasteiger partial charge < -0.3 is 20.1 Å². The van der Waals surface area contributed by atoms with Crippen molar-refractivity contribution in [2.24, 2.45) is 10.7 Å². The van der Waals surface area contributed by atoms with Gasteiger partial charge in [-0.1, -0.05) is 12.0 Å². The first-order valence-electron chi connectivity index (χ1n) is 7.10. The second-order valence-corrected chi connectivity index (χ2v) is 5.98. The van der Waals surface area contributed by atoms with Crippen molar-refractivity contribution < 1.29 is 9.47 Å². The van der Waals surface area contributed by atoms with E-state index < -0.39 is 0 Å². The molecular weight excluding hydrogens is 298 g/mol. The van der Waals surface area contributed by atoms with Gasteiger partial charge in [0.05, 0.1) is 13.7 Å². The summed E-state index contributed by atoms with van der Waals surface area (Å²) in [5, 5.41) is 0. The minimum Gasteiger partial charge on any atom is -0.493 e. The van der Waals surface area contributed by atoms with Crippen molar-refractivity contribution in [1.29, 1.82) is 0 Å². The monoisotopic (exact) mass is 319 g/mol. The lowest BCUT2D eigenvalue weighted by Crippen LogP contribution is -2.42. The number of benzene rings is 1. The van der Waals surface area contributed by atoms with Crippen molar-refractivity contribution in [2.75, 3.05) is 38.3 Å². The highest BCUT2D eigenvalue weighted by molar-refractivity contribution is 7.99. The predicted octanol–water partition coefficient (Wildman–Crippen LogP) is 1.57. The van der Waals surface area contributed by atoms with Crippen LogP contribution in [0, 0.1) is 12.3 Å². The van der Waals surface area contributed by atoms with E-state index in [1.807, 2.05) is 30.0 Å². The minimum absolute atomic E-state index is 0.205. The van der Waals surface area contributed by atoms with Gasteiger partial charge >= 0.3 is 0 Å². The van der Waals surface area contributed by atoms with Gasteiger partial charge in [-0.2, -0.15) is 11.8 Å². The van der Waals surface area contributed by atoms with E-state index in [1.165, 1.54) is 0 Å². The van der Waals surface area contributed by atoms with Gasteiger partial charge in [0.1, 0.15) is 6.61 Å². The van der Waals surface area contributed by atoms with Crippen LogP contribution in [0.15, 0.2) is 23.2 Å². The van der Waals surface area contributed by atoms with E-state index in [9.17, 15) is 0 Å². The molecule has 1 aliphatic heterocycles. The number of rotatable bonds is 5. The third-order valence-electron chi connectivity index (χ3n) is 3.30. The average molecular weight is 319 g/mol. The van der Waals surface area contributed by atoms with Gasteiger partial charge in [0, 0.05) is 24.6 Å². The van der Waals surface area contributed by atoms with Crippen LogP contribution in [-0.4, -0.2) is 49.2 Å². The standard InChI is InChI=1S/C16H21N3O2S/c1-3-8-21-15-11-13(4-5-14(15)20-2)12-18-16(17)19-6-9-22-10-7-19/h1,4-5,11H,6-10,12H2,2H3,(H2,17,18). The van der Waals surface area contributed by atoms with Crippen molar-refractivity contribution in [3.05, 3.63) is 23.8 Å². The molecule has 0 amide bonds. The highest BCUT2D eigenvalue weighted by Gasteiger charge is 2.12. The largest absolute Gasteiger partial charge is 0.493 e. The van der Waals surface area contributed by atoms with Crippen molar-refractivity contribution >= 4 is 17.7 Å². The first-order chi connectivity index (χ1) is 10.7. The number of hydrogen-bond donors (Lipinski definition) is 1. The molecule has 2 rings (SSSR count). The lowest BCUT2D eigenvalue weighted by Gasteiger charge is -2.27. The number of ether oxygens (including phenoxy) is 2. The lowest BCUT2D eigenvalue weighted by atomic mass is 10.2. The molecule has 1 heterocycles. The first-order valence-corrected chi connectivity index (χ1v) is 8.26. The van der Waals surface area contributed by atoms with Crippen LogP contribution < -0.4 is 15.2 Å². The van der Waals surface area contributed by atoms with Gasteiger partial charge in [0.2, 0.25) is 0 Å². The van der Waals surface area contributed by atoms with Gasteiger partial charge in [-0.3, -0.25) is 0 Å². The molecular formula is C16H21N3O2S. The molecule has 1 aromatic carbocycles. The maximum atomic E-state index is 6.05. The number of nitrogens with two attached hydrogens (primary N) is 1. The molecule has 0 aromatic heterocycles. The number of aliphatic imine (C=N–C) groups is 1. The fourth-order valence-electron chi connectivity index (χ4n) is 2.12. The Kier molecular flexibility index (Phi) is 6.28. The summed E-state index contributed by atoms with van der Waals surface area (Å²) in [6, 6.07) is 5.69. The Labute approximate surface area is 135 Å². The normalized spacial score (nSPS) is 15.3. The Morgan fingerprint density at radius 1 is 1.41 bits per heavy atom. The Morgan fingerprint density at radius 2 is 2.18 bits per heavy atom. The van der Waals surface area contributed by atoms with Crippen LogP contribution in [0.5, 0.6) is 11.5 Å². The van der Waals surface area contributed by atoms with Crippen molar-refractivity contribution in [1.82, 2.24) is 4.90 Å². The van der Waals surface area contributed by atoms with E-state index in [0.717, 1.165) is 30.2 Å². The summed E-state index contributed by atoms with van der Waals surface area (Å²) in [6.07, 6.45) is 5.23. The van der Waals surface area contributed by atoms with Crippen molar-refractivity contribution in [2.45, 2.75) is 6.54 Å². The minimum atomic E-state index is 0.205. The number of methoxy groups -OCH3 is 1. The maximum absolute atomic E-state index is 6.05. The zero-order valence-corrected chi connectivity index (χ0v) is 13.6. The topological polar surface area (TPSA) is 60.1 Å². The Morgan fingerprint density at radius 3 is 2.86 bits per heavy atom. The van der Waals surface area contributed by atoms with Gasteiger partial charge in [-0.15, -0.1) is 6.42 Å². The fourth-order valence-corrected chi connectivity index (χ4v) is 3.02. The molecule has 2 N–H and O–H groups in total. The Hall–Kier alpha value is -2.00. The Bertz CT molecular complexity index is 563. The molecule has 0 unspecified atom stereocenters. The molecule has 6 heteroatoms. The van der Waals surface area contributed by atoms with Crippen LogP contribution in [0.25, 0.3) is 0 Å². The van der Waals surface area contributed by atoms with Crippen LogP contribution >= 0.6 is 11.8 Å². The highest BCUT2D eigenvalue weighted by atomic mass is 32.2. The molecule has 1 fully saturated rings. The molecule has 5 nitrogen and oxygen atoms in total. The third kappa shape index (κ3) is 4.50. The van der Waals surface area contributed by atoms with Crippen LogP contribution in [0.4, 0.5) is 0 Å². The molecule has 0 atom stereocenters. The molecule has 1 aromatic rings. The van der Waals surface area contributed by atoms with E-state index in [4.69, 9.17) is 21.6 Å². The SMILES string of the molecule is C#CCOc1cc(CN=C(N)N2CCSCC2)ccc1OC. The summed E-state index contributed by atoms with van der Waals surface area (Å²) in [7, 11) is 1.60. The average Bonchev–Trinajstić information content (AvgIpc) is 2.58. The summed E-state index contributed by atoms with van der Waals surface area (Å²) in [4.78, 5) is 6.59.